The van der Waals surface area contributed by atoms with Crippen LogP contribution in [0.1, 0.15) is 5.56 Å². The fourth-order valence-electron chi connectivity index (χ4n) is 1.83. The van der Waals surface area contributed by atoms with E-state index in [0.29, 0.717) is 17.0 Å². The number of ether oxygens (including phenoxy) is 2. The number of aromatic nitrogens is 2. The summed E-state index contributed by atoms with van der Waals surface area (Å²) in [5, 5.41) is 3.90. The molecule has 1 N–H and O–H groups in total. The van der Waals surface area contributed by atoms with Gasteiger partial charge < -0.3 is 9.47 Å². The maximum absolute atomic E-state index is 12.3. The molecule has 23 heavy (non-hydrogen) atoms. The maximum atomic E-state index is 12.3. The first kappa shape index (κ1) is 16.8. The Morgan fingerprint density at radius 3 is 2.70 bits per heavy atom. The second kappa shape index (κ2) is 6.69. The first-order valence-corrected chi connectivity index (χ1v) is 8.12. The molecule has 0 unspecified atom stereocenters. The molecule has 0 aliphatic rings. The highest BCUT2D eigenvalue weighted by Gasteiger charge is 2.16. The van der Waals surface area contributed by atoms with E-state index in [0.717, 1.165) is 0 Å². The normalized spacial score (nSPS) is 11.1. The number of nitrogens with zero attached hydrogens (tertiary/aromatic N) is 2. The van der Waals surface area contributed by atoms with E-state index in [1.807, 2.05) is 0 Å². The van der Waals surface area contributed by atoms with Crippen molar-refractivity contribution in [1.29, 1.82) is 0 Å². The molecule has 2 aromatic rings. The molecule has 0 amide bonds. The smallest absolute Gasteiger partial charge is 0.343 e. The molecule has 0 saturated heterocycles. The van der Waals surface area contributed by atoms with Crippen LogP contribution in [0.3, 0.4) is 0 Å². The Morgan fingerprint density at radius 2 is 2.13 bits per heavy atom. The second-order valence-electron chi connectivity index (χ2n) is 4.80. The molecule has 2 rings (SSSR count). The zero-order valence-electron chi connectivity index (χ0n) is 12.9. The van der Waals surface area contributed by atoms with Crippen LogP contribution >= 0.6 is 0 Å². The van der Waals surface area contributed by atoms with Crippen LogP contribution < -0.4 is 9.46 Å². The molecule has 0 fully saturated rings. The van der Waals surface area contributed by atoms with E-state index in [-0.39, 0.29) is 11.5 Å². The number of sulfonamides is 1. The van der Waals surface area contributed by atoms with Gasteiger partial charge in [-0.05, 0) is 30.7 Å². The van der Waals surface area contributed by atoms with Crippen molar-refractivity contribution in [2.45, 2.75) is 11.8 Å². The van der Waals surface area contributed by atoms with Crippen molar-refractivity contribution in [3.63, 3.8) is 0 Å². The van der Waals surface area contributed by atoms with Crippen molar-refractivity contribution >= 4 is 21.7 Å². The Labute approximate surface area is 134 Å². The van der Waals surface area contributed by atoms with E-state index in [1.54, 1.807) is 20.2 Å². The largest absolute Gasteiger partial charge is 0.482 e. The van der Waals surface area contributed by atoms with Gasteiger partial charge in [0.1, 0.15) is 5.75 Å². The van der Waals surface area contributed by atoms with Crippen molar-refractivity contribution in [3.05, 3.63) is 36.2 Å². The lowest BCUT2D eigenvalue weighted by atomic mass is 10.2. The number of hydrogen-bond donors (Lipinski definition) is 1. The van der Waals surface area contributed by atoms with Gasteiger partial charge in [0.25, 0.3) is 10.0 Å². The third-order valence-corrected chi connectivity index (χ3v) is 4.37. The summed E-state index contributed by atoms with van der Waals surface area (Å²) >= 11 is 0. The Bertz CT molecular complexity index is 814. The number of aryl methyl sites for hydroxylation is 2. The fourth-order valence-corrected chi connectivity index (χ4v) is 2.95. The van der Waals surface area contributed by atoms with Gasteiger partial charge in [0.15, 0.2) is 6.61 Å². The summed E-state index contributed by atoms with van der Waals surface area (Å²) in [6.07, 6.45) is 2.97. The van der Waals surface area contributed by atoms with Crippen LogP contribution in [-0.2, 0) is 26.6 Å². The minimum absolute atomic E-state index is 0.0873. The Morgan fingerprint density at radius 1 is 1.39 bits per heavy atom. The number of rotatable bonds is 6. The summed E-state index contributed by atoms with van der Waals surface area (Å²) in [5.74, 6) is -0.102. The molecule has 0 saturated carbocycles. The minimum Gasteiger partial charge on any atom is -0.482 e. The zero-order valence-corrected chi connectivity index (χ0v) is 13.8. The third-order valence-electron chi connectivity index (χ3n) is 2.99. The average Bonchev–Trinajstić information content (AvgIpc) is 2.89. The predicted octanol–water partition coefficient (Wildman–Crippen LogP) is 1.08. The highest BCUT2D eigenvalue weighted by molar-refractivity contribution is 7.92. The average molecular weight is 339 g/mol. The summed E-state index contributed by atoms with van der Waals surface area (Å²) < 4.78 is 38.3. The number of esters is 1. The molecule has 0 radical (unpaired) electrons. The standard InChI is InChI=1S/C14H17N3O5S/c1-10-6-12(4-5-13(10)22-9-14(18)21-3)23(19,20)16-11-7-15-17(2)8-11/h4-8,16H,9H2,1-3H3. The van der Waals surface area contributed by atoms with E-state index < -0.39 is 16.0 Å². The van der Waals surface area contributed by atoms with E-state index in [9.17, 15) is 13.2 Å². The molecular formula is C14H17N3O5S. The first-order chi connectivity index (χ1) is 10.8. The predicted molar refractivity (Wildman–Crippen MR) is 82.7 cm³/mol. The summed E-state index contributed by atoms with van der Waals surface area (Å²) in [4.78, 5) is 11.2. The Balaban J connectivity index is 2.16. The van der Waals surface area contributed by atoms with E-state index >= 15 is 0 Å². The summed E-state index contributed by atoms with van der Waals surface area (Å²) in [5.41, 5.74) is 0.958. The van der Waals surface area contributed by atoms with Crippen LogP contribution in [0, 0.1) is 6.92 Å². The van der Waals surface area contributed by atoms with Crippen molar-refractivity contribution in [2.75, 3.05) is 18.4 Å². The topological polar surface area (TPSA) is 99.5 Å². The van der Waals surface area contributed by atoms with Gasteiger partial charge in [-0.15, -0.1) is 0 Å². The van der Waals surface area contributed by atoms with Gasteiger partial charge in [-0.1, -0.05) is 0 Å². The van der Waals surface area contributed by atoms with Crippen LogP contribution in [0.5, 0.6) is 5.75 Å². The van der Waals surface area contributed by atoms with Crippen molar-refractivity contribution < 1.29 is 22.7 Å². The molecule has 1 aromatic heterocycles. The number of nitrogens with one attached hydrogen (secondary N) is 1. The molecule has 0 bridgehead atoms. The highest BCUT2D eigenvalue weighted by Crippen LogP contribution is 2.23. The fraction of sp³-hybridized carbons (Fsp3) is 0.286. The van der Waals surface area contributed by atoms with Gasteiger partial charge in [-0.2, -0.15) is 5.10 Å². The van der Waals surface area contributed by atoms with Gasteiger partial charge in [0, 0.05) is 13.2 Å². The summed E-state index contributed by atoms with van der Waals surface area (Å²) in [6, 6.07) is 4.36. The van der Waals surface area contributed by atoms with Crippen LogP contribution in [-0.4, -0.2) is 37.9 Å². The van der Waals surface area contributed by atoms with Crippen LogP contribution in [0.2, 0.25) is 0 Å². The molecule has 0 aliphatic carbocycles. The SMILES string of the molecule is COC(=O)COc1ccc(S(=O)(=O)Nc2cnn(C)c2)cc1C. The van der Waals surface area contributed by atoms with E-state index in [2.05, 4.69) is 14.6 Å². The molecule has 0 atom stereocenters. The van der Waals surface area contributed by atoms with Gasteiger partial charge >= 0.3 is 5.97 Å². The molecule has 0 aliphatic heterocycles. The lowest BCUT2D eigenvalue weighted by molar-refractivity contribution is -0.142. The lowest BCUT2D eigenvalue weighted by Crippen LogP contribution is -2.14. The molecule has 0 spiro atoms. The Kier molecular flexibility index (Phi) is 4.89. The van der Waals surface area contributed by atoms with Crippen LogP contribution in [0.15, 0.2) is 35.5 Å². The van der Waals surface area contributed by atoms with E-state index in [4.69, 9.17) is 4.74 Å². The molecule has 124 valence electrons. The molecule has 1 heterocycles. The third kappa shape index (κ3) is 4.22. The number of carbonyl (C=O) groups excluding carboxylic acids is 1. The quantitative estimate of drug-likeness (QED) is 0.791. The van der Waals surface area contributed by atoms with E-state index in [1.165, 1.54) is 36.2 Å². The zero-order chi connectivity index (χ0) is 17.0. The van der Waals surface area contributed by atoms with Crippen LogP contribution in [0.4, 0.5) is 5.69 Å². The van der Waals surface area contributed by atoms with Gasteiger partial charge in [-0.25, -0.2) is 13.2 Å². The van der Waals surface area contributed by atoms with Gasteiger partial charge in [-0.3, -0.25) is 9.40 Å². The number of benzene rings is 1. The molecule has 8 nitrogen and oxygen atoms in total. The van der Waals surface area contributed by atoms with Crippen molar-refractivity contribution in [3.8, 4) is 5.75 Å². The minimum atomic E-state index is -3.73. The van der Waals surface area contributed by atoms with Crippen molar-refractivity contribution in [1.82, 2.24) is 9.78 Å². The number of methoxy groups -OCH3 is 1. The van der Waals surface area contributed by atoms with Crippen LogP contribution in [0.25, 0.3) is 0 Å². The molecule has 1 aromatic carbocycles. The van der Waals surface area contributed by atoms with Gasteiger partial charge in [0.05, 0.1) is 23.9 Å². The van der Waals surface area contributed by atoms with Crippen molar-refractivity contribution in [2.24, 2.45) is 7.05 Å². The number of carbonyl (C=O) groups is 1. The summed E-state index contributed by atoms with van der Waals surface area (Å²) in [7, 11) is -0.774. The lowest BCUT2D eigenvalue weighted by Gasteiger charge is -2.11. The highest BCUT2D eigenvalue weighted by atomic mass is 32.2. The number of anilines is 1. The Hall–Kier alpha value is -2.55. The molecule has 9 heteroatoms. The van der Waals surface area contributed by atoms with Gasteiger partial charge in [0.2, 0.25) is 0 Å². The maximum Gasteiger partial charge on any atom is 0.343 e. The first-order valence-electron chi connectivity index (χ1n) is 6.63. The molecular weight excluding hydrogens is 322 g/mol. The number of hydrogen-bond acceptors (Lipinski definition) is 6. The summed E-state index contributed by atoms with van der Waals surface area (Å²) in [6.45, 7) is 1.45. The second-order valence-corrected chi connectivity index (χ2v) is 6.48. The monoisotopic (exact) mass is 339 g/mol.